The number of rotatable bonds is 8. The molecule has 210 valence electrons. The first-order valence-electron chi connectivity index (χ1n) is 11.6. The fourth-order valence-corrected chi connectivity index (χ4v) is 5.76. The highest BCUT2D eigenvalue weighted by molar-refractivity contribution is 8.76. The topological polar surface area (TPSA) is 142 Å². The minimum absolute atomic E-state index is 0.142. The van der Waals surface area contributed by atoms with Gasteiger partial charge < -0.3 is 4.90 Å². The maximum Gasteiger partial charge on any atom is 0.331 e. The van der Waals surface area contributed by atoms with Gasteiger partial charge in [0.15, 0.2) is 17.0 Å². The molecule has 1 aliphatic heterocycles. The van der Waals surface area contributed by atoms with Crippen molar-refractivity contribution in [2.45, 2.75) is 31.1 Å². The number of aryl methyl sites for hydroxylation is 1. The number of nitrogens with zero attached hydrogens (tertiary/aromatic N) is 8. The van der Waals surface area contributed by atoms with E-state index in [4.69, 9.17) is 4.63 Å². The zero-order chi connectivity index (χ0) is 28.2. The van der Waals surface area contributed by atoms with Gasteiger partial charge in [-0.1, -0.05) is 67.4 Å². The monoisotopic (exact) mass is 600 g/mol. The molecular weight excluding hydrogens is 574 g/mol. The molecule has 1 atom stereocenters. The summed E-state index contributed by atoms with van der Waals surface area (Å²) in [6, 6.07) is 7.57. The highest BCUT2D eigenvalue weighted by atomic mass is 33.1. The van der Waals surface area contributed by atoms with E-state index in [1.165, 1.54) is 16.8 Å². The number of hydrogen-bond acceptors (Lipinski definition) is 13. The summed E-state index contributed by atoms with van der Waals surface area (Å²) < 4.78 is 60.7. The van der Waals surface area contributed by atoms with Crippen LogP contribution < -0.4 is 4.90 Å². The fourth-order valence-electron chi connectivity index (χ4n) is 3.76. The lowest BCUT2D eigenvalue weighted by atomic mass is 10.1. The fraction of sp³-hybridized carbons (Fsp3) is 0.455. The van der Waals surface area contributed by atoms with Crippen molar-refractivity contribution in [3.05, 3.63) is 53.1 Å². The van der Waals surface area contributed by atoms with Crippen molar-refractivity contribution < 1.29 is 26.0 Å². The van der Waals surface area contributed by atoms with Crippen molar-refractivity contribution in [3.8, 4) is 0 Å². The third-order valence-corrected chi connectivity index (χ3v) is 8.64. The first-order chi connectivity index (χ1) is 18.5. The lowest BCUT2D eigenvalue weighted by Crippen LogP contribution is -2.26. The molecule has 1 aliphatic rings. The second-order valence-corrected chi connectivity index (χ2v) is 13.0. The van der Waals surface area contributed by atoms with Crippen molar-refractivity contribution in [2.75, 3.05) is 37.6 Å². The third-order valence-electron chi connectivity index (χ3n) is 5.79. The van der Waals surface area contributed by atoms with Crippen LogP contribution in [0.1, 0.15) is 29.2 Å². The van der Waals surface area contributed by atoms with Crippen LogP contribution in [0.5, 0.6) is 0 Å². The Labute approximate surface area is 231 Å². The molecule has 3 aromatic heterocycles. The van der Waals surface area contributed by atoms with Crippen molar-refractivity contribution in [3.63, 3.8) is 0 Å². The lowest BCUT2D eigenvalue weighted by molar-refractivity contribution is 0.0332. The zero-order valence-electron chi connectivity index (χ0n) is 21.5. The van der Waals surface area contributed by atoms with E-state index in [2.05, 4.69) is 34.8 Å². The molecule has 4 heterocycles. The minimum atomic E-state index is -3.39. The van der Waals surface area contributed by atoms with E-state index in [0.29, 0.717) is 41.1 Å². The quantitative estimate of drug-likeness (QED) is 0.216. The molecule has 0 aliphatic carbocycles. The van der Waals surface area contributed by atoms with Gasteiger partial charge in [-0.25, -0.2) is 19.3 Å². The number of fused-ring (bicyclic) bond motifs is 1. The predicted octanol–water partition coefficient (Wildman–Crippen LogP) is 3.28. The van der Waals surface area contributed by atoms with Crippen LogP contribution in [0.3, 0.4) is 0 Å². The summed E-state index contributed by atoms with van der Waals surface area (Å²) in [4.78, 5) is 10.6. The Morgan fingerprint density at radius 1 is 1.21 bits per heavy atom. The molecule has 0 radical (unpaired) electrons. The summed E-state index contributed by atoms with van der Waals surface area (Å²) in [5.41, 5.74) is 1.53. The summed E-state index contributed by atoms with van der Waals surface area (Å²) in [5, 5.41) is 16.4. The Morgan fingerprint density at radius 3 is 2.54 bits per heavy atom. The molecule has 0 N–H and O–H groups in total. The summed E-state index contributed by atoms with van der Waals surface area (Å²) in [5.74, 6) is -3.61. The molecule has 39 heavy (non-hydrogen) atoms. The molecular formula is C22H26F2N8O4S3. The van der Waals surface area contributed by atoms with Gasteiger partial charge in [0.05, 0.1) is 19.9 Å². The Bertz CT molecular complexity index is 1520. The highest BCUT2D eigenvalue weighted by Gasteiger charge is 2.40. The molecule has 0 spiro atoms. The molecule has 5 rings (SSSR count). The van der Waals surface area contributed by atoms with Crippen LogP contribution in [-0.4, -0.2) is 81.7 Å². The molecule has 0 bridgehead atoms. The van der Waals surface area contributed by atoms with Gasteiger partial charge in [-0.2, -0.15) is 17.2 Å². The number of aromatic nitrogens is 7. The average molecular weight is 601 g/mol. The van der Waals surface area contributed by atoms with E-state index >= 15 is 8.78 Å². The van der Waals surface area contributed by atoms with Crippen LogP contribution in [0.25, 0.3) is 11.2 Å². The summed E-state index contributed by atoms with van der Waals surface area (Å²) in [7, 11) is 1.43. The van der Waals surface area contributed by atoms with E-state index in [-0.39, 0.29) is 17.8 Å². The standard InChI is InChI=1S/C20H20F2N8OS2.C2H6O3S/c1-12-15(27-31-26-12)11-30-18-16(25-28-30)17(29-9-8-14(10-29)33-32-2)23-19(24-18)20(21,22)13-6-4-3-5-7-13;1-5-6(2,3)4/h3-7,14H,8-11H2,1-2H3;1-2H3. The minimum Gasteiger partial charge on any atom is -0.353 e. The van der Waals surface area contributed by atoms with E-state index in [9.17, 15) is 8.42 Å². The molecule has 1 fully saturated rings. The van der Waals surface area contributed by atoms with E-state index < -0.39 is 21.9 Å². The van der Waals surface area contributed by atoms with Crippen LogP contribution >= 0.6 is 21.6 Å². The largest absolute Gasteiger partial charge is 0.353 e. The van der Waals surface area contributed by atoms with Gasteiger partial charge in [0.2, 0.25) is 5.82 Å². The van der Waals surface area contributed by atoms with Gasteiger partial charge in [-0.15, -0.1) is 5.10 Å². The molecule has 4 aromatic rings. The molecule has 0 saturated carbocycles. The molecule has 1 aromatic carbocycles. The second-order valence-electron chi connectivity index (χ2n) is 8.52. The van der Waals surface area contributed by atoms with Crippen molar-refractivity contribution in [2.24, 2.45) is 0 Å². The van der Waals surface area contributed by atoms with Gasteiger partial charge >= 0.3 is 5.92 Å². The molecule has 1 unspecified atom stereocenters. The van der Waals surface area contributed by atoms with Crippen LogP contribution in [0, 0.1) is 6.92 Å². The second kappa shape index (κ2) is 12.1. The van der Waals surface area contributed by atoms with Gasteiger partial charge in [0.1, 0.15) is 11.4 Å². The number of alkyl halides is 2. The highest BCUT2D eigenvalue weighted by Crippen LogP contribution is 2.38. The predicted molar refractivity (Wildman–Crippen MR) is 144 cm³/mol. The number of benzene rings is 1. The van der Waals surface area contributed by atoms with Gasteiger partial charge in [0.25, 0.3) is 10.1 Å². The Hall–Kier alpha value is -2.89. The van der Waals surface area contributed by atoms with Crippen molar-refractivity contribution in [1.29, 1.82) is 0 Å². The van der Waals surface area contributed by atoms with Crippen LogP contribution in [-0.2, 0) is 26.8 Å². The molecule has 1 saturated heterocycles. The average Bonchev–Trinajstić information content (AvgIpc) is 3.65. The first-order valence-corrected chi connectivity index (χ1v) is 16.0. The van der Waals surface area contributed by atoms with Gasteiger partial charge in [-0.3, -0.25) is 4.18 Å². The third kappa shape index (κ3) is 6.82. The smallest absolute Gasteiger partial charge is 0.331 e. The van der Waals surface area contributed by atoms with Crippen molar-refractivity contribution in [1.82, 2.24) is 35.3 Å². The van der Waals surface area contributed by atoms with Gasteiger partial charge in [-0.05, 0) is 19.6 Å². The Balaban J connectivity index is 0.000000531. The molecule has 12 nitrogen and oxygen atoms in total. The van der Waals surface area contributed by atoms with Crippen LogP contribution in [0.4, 0.5) is 14.6 Å². The molecule has 17 heteroatoms. The normalized spacial score (nSPS) is 15.9. The maximum atomic E-state index is 15.5. The van der Waals surface area contributed by atoms with Gasteiger partial charge in [0, 0.05) is 23.9 Å². The van der Waals surface area contributed by atoms with E-state index in [1.54, 1.807) is 46.7 Å². The number of hydrogen-bond donors (Lipinski definition) is 0. The number of halogens is 2. The SMILES string of the molecule is COS(C)(=O)=O.CSSC1CCN(c2nc(C(F)(F)c3ccccc3)nc3c2nnn3Cc2nonc2C)C1. The molecule has 0 amide bonds. The zero-order valence-corrected chi connectivity index (χ0v) is 23.9. The van der Waals surface area contributed by atoms with Crippen molar-refractivity contribution >= 4 is 48.7 Å². The first kappa shape index (κ1) is 29.1. The van der Waals surface area contributed by atoms with E-state index in [1.807, 2.05) is 11.2 Å². The Kier molecular flexibility index (Phi) is 9.03. The number of anilines is 1. The maximum absolute atomic E-state index is 15.5. The van der Waals surface area contributed by atoms with Crippen LogP contribution in [0.15, 0.2) is 35.0 Å². The summed E-state index contributed by atoms with van der Waals surface area (Å²) in [6.45, 7) is 3.27. The Morgan fingerprint density at radius 2 is 1.92 bits per heavy atom. The lowest BCUT2D eigenvalue weighted by Gasteiger charge is -2.21. The summed E-state index contributed by atoms with van der Waals surface area (Å²) in [6.07, 6.45) is 3.95. The van der Waals surface area contributed by atoms with Crippen LogP contribution in [0.2, 0.25) is 0 Å². The summed E-state index contributed by atoms with van der Waals surface area (Å²) >= 11 is 0. The van der Waals surface area contributed by atoms with E-state index in [0.717, 1.165) is 19.8 Å².